The van der Waals surface area contributed by atoms with Gasteiger partial charge in [0, 0.05) is 17.6 Å². The minimum Gasteiger partial charge on any atom is -0.307 e. The second-order valence-electron chi connectivity index (χ2n) is 5.87. The van der Waals surface area contributed by atoms with Crippen molar-refractivity contribution in [2.75, 3.05) is 17.2 Å². The first kappa shape index (κ1) is 15.9. The molecule has 0 N–H and O–H groups in total. The van der Waals surface area contributed by atoms with Crippen molar-refractivity contribution < 1.29 is 4.79 Å². The van der Waals surface area contributed by atoms with Crippen molar-refractivity contribution in [3.05, 3.63) is 66.1 Å². The number of rotatable bonds is 2. The number of carbonyl (C=O) groups is 1. The second-order valence-corrected chi connectivity index (χ2v) is 7.01. The van der Waals surface area contributed by atoms with Gasteiger partial charge in [-0.2, -0.15) is 5.10 Å². The molecule has 1 amide bonds. The van der Waals surface area contributed by atoms with Crippen molar-refractivity contribution in [1.29, 1.82) is 0 Å². The highest BCUT2D eigenvalue weighted by atomic mass is 32.2. The lowest BCUT2D eigenvalue weighted by atomic mass is 10.2. The van der Waals surface area contributed by atoms with Gasteiger partial charge in [0.15, 0.2) is 5.82 Å². The highest BCUT2D eigenvalue weighted by Crippen LogP contribution is 2.34. The van der Waals surface area contributed by atoms with E-state index in [2.05, 4.69) is 16.1 Å². The summed E-state index contributed by atoms with van der Waals surface area (Å²) < 4.78 is 1.71. The van der Waals surface area contributed by atoms with Gasteiger partial charge in [-0.05, 0) is 43.4 Å². The van der Waals surface area contributed by atoms with E-state index in [1.165, 1.54) is 0 Å². The third-order valence-corrected chi connectivity index (χ3v) is 5.44. The van der Waals surface area contributed by atoms with Gasteiger partial charge in [0.05, 0.1) is 23.1 Å². The van der Waals surface area contributed by atoms with Crippen LogP contribution < -0.4 is 4.90 Å². The van der Waals surface area contributed by atoms with E-state index in [0.717, 1.165) is 35.0 Å². The Morgan fingerprint density at radius 3 is 2.84 bits per heavy atom. The monoisotopic (exact) mass is 350 g/mol. The molecular weight excluding hydrogens is 332 g/mol. The van der Waals surface area contributed by atoms with Crippen LogP contribution in [0, 0.1) is 6.92 Å². The Hall–Kier alpha value is -2.60. The summed E-state index contributed by atoms with van der Waals surface area (Å²) in [5.74, 6) is 1.73. The summed E-state index contributed by atoms with van der Waals surface area (Å²) in [5.41, 5.74) is 2.41. The maximum Gasteiger partial charge on any atom is 0.261 e. The Labute approximate surface area is 150 Å². The zero-order valence-electron chi connectivity index (χ0n) is 13.9. The van der Waals surface area contributed by atoms with E-state index in [4.69, 9.17) is 0 Å². The highest BCUT2D eigenvalue weighted by Gasteiger charge is 2.25. The SMILES string of the molecule is Cc1c(C(=O)N2CCCSc3ccccc32)cnn1-c1ccccn1. The first-order valence-corrected chi connectivity index (χ1v) is 9.24. The summed E-state index contributed by atoms with van der Waals surface area (Å²) in [6.07, 6.45) is 4.34. The molecule has 5 nitrogen and oxygen atoms in total. The fourth-order valence-corrected chi connectivity index (χ4v) is 4.01. The molecule has 126 valence electrons. The Morgan fingerprint density at radius 2 is 2.00 bits per heavy atom. The molecule has 0 bridgehead atoms. The quantitative estimate of drug-likeness (QED) is 0.707. The third kappa shape index (κ3) is 2.93. The van der Waals surface area contributed by atoms with Gasteiger partial charge in [-0.15, -0.1) is 11.8 Å². The van der Waals surface area contributed by atoms with E-state index >= 15 is 0 Å². The molecule has 0 radical (unpaired) electrons. The lowest BCUT2D eigenvalue weighted by Gasteiger charge is -2.22. The van der Waals surface area contributed by atoms with Gasteiger partial charge in [-0.3, -0.25) is 4.79 Å². The number of amides is 1. The Kier molecular flexibility index (Phi) is 4.28. The van der Waals surface area contributed by atoms with Gasteiger partial charge in [0.1, 0.15) is 0 Å². The molecule has 1 aliphatic heterocycles. The second kappa shape index (κ2) is 6.72. The van der Waals surface area contributed by atoms with Gasteiger partial charge in [-0.25, -0.2) is 9.67 Å². The fraction of sp³-hybridized carbons (Fsp3) is 0.211. The number of anilines is 1. The summed E-state index contributed by atoms with van der Waals surface area (Å²) in [7, 11) is 0. The van der Waals surface area contributed by atoms with Gasteiger partial charge in [0.25, 0.3) is 5.91 Å². The number of aromatic nitrogens is 3. The molecule has 0 aliphatic carbocycles. The van der Waals surface area contributed by atoms with Gasteiger partial charge in [-0.1, -0.05) is 18.2 Å². The largest absolute Gasteiger partial charge is 0.307 e. The molecule has 0 saturated carbocycles. The van der Waals surface area contributed by atoms with Crippen LogP contribution in [0.15, 0.2) is 59.8 Å². The summed E-state index contributed by atoms with van der Waals surface area (Å²) in [6, 6.07) is 13.7. The number of pyridine rings is 1. The summed E-state index contributed by atoms with van der Waals surface area (Å²) >= 11 is 1.81. The number of thioether (sulfide) groups is 1. The Bertz CT molecular complexity index is 907. The van der Waals surface area contributed by atoms with Crippen molar-refractivity contribution >= 4 is 23.4 Å². The van der Waals surface area contributed by atoms with E-state index in [0.29, 0.717) is 11.4 Å². The van der Waals surface area contributed by atoms with Crippen LogP contribution >= 0.6 is 11.8 Å². The zero-order valence-corrected chi connectivity index (χ0v) is 14.7. The molecule has 3 aromatic rings. The molecular formula is C19H18N4OS. The fourth-order valence-electron chi connectivity index (χ4n) is 3.01. The van der Waals surface area contributed by atoms with E-state index in [1.807, 2.05) is 60.0 Å². The molecule has 0 spiro atoms. The average molecular weight is 350 g/mol. The maximum absolute atomic E-state index is 13.2. The van der Waals surface area contributed by atoms with Crippen LogP contribution in [0.5, 0.6) is 0 Å². The lowest BCUT2D eigenvalue weighted by Crippen LogP contribution is -2.32. The number of fused-ring (bicyclic) bond motifs is 1. The summed E-state index contributed by atoms with van der Waals surface area (Å²) in [5, 5.41) is 4.38. The van der Waals surface area contributed by atoms with E-state index in [-0.39, 0.29) is 5.91 Å². The topological polar surface area (TPSA) is 51.0 Å². The molecule has 1 aliphatic rings. The van der Waals surface area contributed by atoms with Crippen molar-refractivity contribution in [3.8, 4) is 5.82 Å². The van der Waals surface area contributed by atoms with Crippen LogP contribution in [-0.2, 0) is 0 Å². The smallest absolute Gasteiger partial charge is 0.261 e. The van der Waals surface area contributed by atoms with Gasteiger partial charge in [0.2, 0.25) is 0 Å². The van der Waals surface area contributed by atoms with Crippen LogP contribution in [-0.4, -0.2) is 33.0 Å². The van der Waals surface area contributed by atoms with Crippen molar-refractivity contribution in [2.45, 2.75) is 18.2 Å². The molecule has 1 aromatic carbocycles. The minimum atomic E-state index is -0.00497. The first-order chi connectivity index (χ1) is 12.3. The summed E-state index contributed by atoms with van der Waals surface area (Å²) in [6.45, 7) is 2.63. The lowest BCUT2D eigenvalue weighted by molar-refractivity contribution is 0.0986. The Morgan fingerprint density at radius 1 is 1.16 bits per heavy atom. The van der Waals surface area contributed by atoms with Crippen molar-refractivity contribution in [3.63, 3.8) is 0 Å². The van der Waals surface area contributed by atoms with Crippen LogP contribution in [0.4, 0.5) is 5.69 Å². The maximum atomic E-state index is 13.2. The first-order valence-electron chi connectivity index (χ1n) is 8.25. The zero-order chi connectivity index (χ0) is 17.2. The third-order valence-electron chi connectivity index (χ3n) is 4.29. The normalized spacial score (nSPS) is 14.0. The van der Waals surface area contributed by atoms with Crippen LogP contribution in [0.25, 0.3) is 5.82 Å². The summed E-state index contributed by atoms with van der Waals surface area (Å²) in [4.78, 5) is 20.6. The number of benzene rings is 1. The molecule has 0 unspecified atom stereocenters. The number of hydrogen-bond acceptors (Lipinski definition) is 4. The van der Waals surface area contributed by atoms with Crippen molar-refractivity contribution in [1.82, 2.24) is 14.8 Å². The van der Waals surface area contributed by atoms with E-state index in [9.17, 15) is 4.79 Å². The van der Waals surface area contributed by atoms with Gasteiger partial charge >= 0.3 is 0 Å². The minimum absolute atomic E-state index is 0.00497. The Balaban J connectivity index is 1.72. The van der Waals surface area contributed by atoms with Crippen molar-refractivity contribution in [2.24, 2.45) is 0 Å². The molecule has 25 heavy (non-hydrogen) atoms. The number of hydrogen-bond donors (Lipinski definition) is 0. The molecule has 6 heteroatoms. The number of nitrogens with zero attached hydrogens (tertiary/aromatic N) is 4. The van der Waals surface area contributed by atoms with Crippen LogP contribution in [0.1, 0.15) is 22.5 Å². The predicted molar refractivity (Wildman–Crippen MR) is 99.6 cm³/mol. The molecule has 0 atom stereocenters. The van der Waals surface area contributed by atoms with E-state index in [1.54, 1.807) is 17.1 Å². The van der Waals surface area contributed by atoms with Gasteiger partial charge < -0.3 is 4.90 Å². The molecule has 0 fully saturated rings. The molecule has 4 rings (SSSR count). The van der Waals surface area contributed by atoms with Crippen LogP contribution in [0.2, 0.25) is 0 Å². The predicted octanol–water partition coefficient (Wildman–Crippen LogP) is 3.72. The molecule has 3 heterocycles. The number of carbonyl (C=O) groups excluding carboxylic acids is 1. The highest BCUT2D eigenvalue weighted by molar-refractivity contribution is 7.99. The molecule has 2 aromatic heterocycles. The standard InChI is InChI=1S/C19H18N4OS/c1-14-15(13-21-23(14)18-9-4-5-10-20-18)19(24)22-11-6-12-25-17-8-3-2-7-16(17)22/h2-5,7-10,13H,6,11-12H2,1H3. The van der Waals surface area contributed by atoms with E-state index < -0.39 is 0 Å². The average Bonchev–Trinajstić information content (AvgIpc) is 2.90. The molecule has 0 saturated heterocycles. The number of para-hydroxylation sites is 1. The van der Waals surface area contributed by atoms with Crippen LogP contribution in [0.3, 0.4) is 0 Å².